The van der Waals surface area contributed by atoms with Gasteiger partial charge in [0.2, 0.25) is 5.43 Å². The third-order valence-corrected chi connectivity index (χ3v) is 2.71. The van der Waals surface area contributed by atoms with Crippen LogP contribution in [0.2, 0.25) is 0 Å². The largest absolute Gasteiger partial charge is 0.351 e. The highest BCUT2D eigenvalue weighted by Gasteiger charge is 2.15. The average molecular weight is 245 g/mol. The maximum atomic E-state index is 12.2. The number of aryl methyl sites for hydroxylation is 1. The first-order valence-electron chi connectivity index (χ1n) is 5.97. The van der Waals surface area contributed by atoms with Crippen molar-refractivity contribution >= 4 is 16.8 Å². The molecular weight excluding hydrogens is 230 g/mol. The molecule has 0 aliphatic carbocycles. The Kier molecular flexibility index (Phi) is 3.41. The second-order valence-electron chi connectivity index (χ2n) is 3.87. The molecule has 1 aromatic carbocycles. The van der Waals surface area contributed by atoms with Crippen LogP contribution in [0, 0.1) is 0 Å². The maximum Gasteiger partial charge on any atom is 0.275 e. The monoisotopic (exact) mass is 245 g/mol. The predicted octanol–water partition coefficient (Wildman–Crippen LogP) is 1.17. The van der Waals surface area contributed by atoms with Gasteiger partial charge in [-0.05, 0) is 26.0 Å². The van der Waals surface area contributed by atoms with E-state index in [2.05, 4.69) is 10.4 Å². The molecule has 0 bridgehead atoms. The smallest absolute Gasteiger partial charge is 0.275 e. The number of nitrogens with zero attached hydrogens (tertiary/aromatic N) is 2. The first kappa shape index (κ1) is 12.3. The standard InChI is InChI=1S/C13H15N3O2/c1-3-14-13(18)11-12(17)9-7-5-6-8-10(9)16(4-2)15-11/h5-8H,3-4H2,1-2H3,(H,14,18). The number of hydrogen-bond donors (Lipinski definition) is 1. The molecule has 18 heavy (non-hydrogen) atoms. The van der Waals surface area contributed by atoms with E-state index in [1.165, 1.54) is 0 Å². The van der Waals surface area contributed by atoms with E-state index < -0.39 is 5.91 Å². The van der Waals surface area contributed by atoms with Gasteiger partial charge in [0.15, 0.2) is 5.69 Å². The molecule has 0 saturated carbocycles. The molecule has 0 atom stereocenters. The van der Waals surface area contributed by atoms with Crippen molar-refractivity contribution in [2.45, 2.75) is 20.4 Å². The van der Waals surface area contributed by atoms with Crippen LogP contribution in [-0.4, -0.2) is 22.2 Å². The van der Waals surface area contributed by atoms with Gasteiger partial charge in [-0.2, -0.15) is 5.10 Å². The normalized spacial score (nSPS) is 10.6. The molecule has 1 heterocycles. The van der Waals surface area contributed by atoms with Gasteiger partial charge in [-0.25, -0.2) is 0 Å². The Labute approximate surface area is 104 Å². The van der Waals surface area contributed by atoms with Crippen LogP contribution in [0.3, 0.4) is 0 Å². The average Bonchev–Trinajstić information content (AvgIpc) is 2.40. The number of carbonyl (C=O) groups excluding carboxylic acids is 1. The summed E-state index contributed by atoms with van der Waals surface area (Å²) in [5.74, 6) is -0.421. The van der Waals surface area contributed by atoms with E-state index >= 15 is 0 Å². The molecule has 0 fully saturated rings. The van der Waals surface area contributed by atoms with Gasteiger partial charge in [0.25, 0.3) is 5.91 Å². The second kappa shape index (κ2) is 5.00. The highest BCUT2D eigenvalue weighted by molar-refractivity contribution is 5.95. The number of benzene rings is 1. The number of aromatic nitrogens is 2. The summed E-state index contributed by atoms with van der Waals surface area (Å²) in [7, 11) is 0. The van der Waals surface area contributed by atoms with Crippen molar-refractivity contribution in [3.63, 3.8) is 0 Å². The van der Waals surface area contributed by atoms with Crippen molar-refractivity contribution in [3.8, 4) is 0 Å². The van der Waals surface area contributed by atoms with Gasteiger partial charge in [0.05, 0.1) is 5.52 Å². The Morgan fingerprint density at radius 3 is 2.72 bits per heavy atom. The Morgan fingerprint density at radius 2 is 2.06 bits per heavy atom. The van der Waals surface area contributed by atoms with E-state index in [-0.39, 0.29) is 11.1 Å². The van der Waals surface area contributed by atoms with Crippen LogP contribution in [0.5, 0.6) is 0 Å². The highest BCUT2D eigenvalue weighted by Crippen LogP contribution is 2.09. The third kappa shape index (κ3) is 1.99. The first-order chi connectivity index (χ1) is 8.69. The molecule has 1 amide bonds. The molecule has 0 aliphatic heterocycles. The lowest BCUT2D eigenvalue weighted by molar-refractivity contribution is 0.0947. The van der Waals surface area contributed by atoms with Gasteiger partial charge in [-0.1, -0.05) is 12.1 Å². The molecular formula is C13H15N3O2. The van der Waals surface area contributed by atoms with Crippen molar-refractivity contribution in [3.05, 3.63) is 40.2 Å². The lowest BCUT2D eigenvalue weighted by atomic mass is 10.2. The second-order valence-corrected chi connectivity index (χ2v) is 3.87. The topological polar surface area (TPSA) is 64.0 Å². The number of nitrogens with one attached hydrogen (secondary N) is 1. The molecule has 2 aromatic rings. The number of amides is 1. The van der Waals surface area contributed by atoms with Gasteiger partial charge in [0.1, 0.15) is 0 Å². The Bertz CT molecular complexity index is 646. The SMILES string of the molecule is CCNC(=O)c1nn(CC)c2ccccc2c1=O. The van der Waals surface area contributed by atoms with Crippen LogP contribution in [0.1, 0.15) is 24.3 Å². The summed E-state index contributed by atoms with van der Waals surface area (Å²) in [4.78, 5) is 24.0. The van der Waals surface area contributed by atoms with Crippen LogP contribution < -0.4 is 10.7 Å². The molecule has 0 unspecified atom stereocenters. The first-order valence-corrected chi connectivity index (χ1v) is 5.97. The van der Waals surface area contributed by atoms with E-state index in [0.29, 0.717) is 18.5 Å². The zero-order chi connectivity index (χ0) is 13.1. The minimum absolute atomic E-state index is 0.0441. The molecule has 94 valence electrons. The number of rotatable bonds is 3. The lowest BCUT2D eigenvalue weighted by Crippen LogP contribution is -2.31. The molecule has 0 aliphatic rings. The zero-order valence-corrected chi connectivity index (χ0v) is 10.4. The van der Waals surface area contributed by atoms with Gasteiger partial charge >= 0.3 is 0 Å². The van der Waals surface area contributed by atoms with Crippen molar-refractivity contribution in [1.29, 1.82) is 0 Å². The lowest BCUT2D eigenvalue weighted by Gasteiger charge is -2.09. The number of para-hydroxylation sites is 1. The molecule has 2 rings (SSSR count). The summed E-state index contributed by atoms with van der Waals surface area (Å²) in [6.45, 7) is 4.80. The van der Waals surface area contributed by atoms with E-state index in [0.717, 1.165) is 5.52 Å². The van der Waals surface area contributed by atoms with Crippen LogP contribution >= 0.6 is 0 Å². The van der Waals surface area contributed by atoms with E-state index in [1.807, 2.05) is 19.1 Å². The van der Waals surface area contributed by atoms with Crippen LogP contribution in [0.25, 0.3) is 10.9 Å². The van der Waals surface area contributed by atoms with E-state index in [9.17, 15) is 9.59 Å². The molecule has 5 nitrogen and oxygen atoms in total. The van der Waals surface area contributed by atoms with E-state index in [1.54, 1.807) is 23.7 Å². The summed E-state index contributed by atoms with van der Waals surface area (Å²) in [5.41, 5.74) is 0.386. The minimum Gasteiger partial charge on any atom is -0.351 e. The van der Waals surface area contributed by atoms with E-state index in [4.69, 9.17) is 0 Å². The molecule has 5 heteroatoms. The summed E-state index contributed by atoms with van der Waals surface area (Å²) in [6.07, 6.45) is 0. The molecule has 0 saturated heterocycles. The van der Waals surface area contributed by atoms with Gasteiger partial charge in [-0.3, -0.25) is 14.3 Å². The molecule has 0 radical (unpaired) electrons. The summed E-state index contributed by atoms with van der Waals surface area (Å²) in [5, 5.41) is 7.26. The number of fused-ring (bicyclic) bond motifs is 1. The molecule has 0 spiro atoms. The zero-order valence-electron chi connectivity index (χ0n) is 10.4. The fourth-order valence-corrected chi connectivity index (χ4v) is 1.87. The van der Waals surface area contributed by atoms with Crippen LogP contribution in [0.15, 0.2) is 29.1 Å². The summed E-state index contributed by atoms with van der Waals surface area (Å²) < 4.78 is 1.67. The van der Waals surface area contributed by atoms with Gasteiger partial charge in [-0.15, -0.1) is 0 Å². The maximum absolute atomic E-state index is 12.2. The molecule has 1 N–H and O–H groups in total. The minimum atomic E-state index is -0.421. The third-order valence-electron chi connectivity index (χ3n) is 2.71. The number of carbonyl (C=O) groups is 1. The molecule has 1 aromatic heterocycles. The van der Waals surface area contributed by atoms with Crippen LogP contribution in [-0.2, 0) is 6.54 Å². The van der Waals surface area contributed by atoms with Crippen molar-refractivity contribution in [2.24, 2.45) is 0 Å². The Balaban J connectivity index is 2.73. The van der Waals surface area contributed by atoms with Gasteiger partial charge in [0, 0.05) is 18.5 Å². The van der Waals surface area contributed by atoms with Crippen LogP contribution in [0.4, 0.5) is 0 Å². The quantitative estimate of drug-likeness (QED) is 0.882. The van der Waals surface area contributed by atoms with Crippen molar-refractivity contribution < 1.29 is 4.79 Å². The highest BCUT2D eigenvalue weighted by atomic mass is 16.2. The van der Waals surface area contributed by atoms with Gasteiger partial charge < -0.3 is 5.32 Å². The fourth-order valence-electron chi connectivity index (χ4n) is 1.87. The number of hydrogen-bond acceptors (Lipinski definition) is 3. The predicted molar refractivity (Wildman–Crippen MR) is 69.7 cm³/mol. The summed E-state index contributed by atoms with van der Waals surface area (Å²) >= 11 is 0. The van der Waals surface area contributed by atoms with Crippen molar-refractivity contribution in [1.82, 2.24) is 15.1 Å². The Morgan fingerprint density at radius 1 is 1.33 bits per heavy atom. The Hall–Kier alpha value is -2.17. The fraction of sp³-hybridized carbons (Fsp3) is 0.308. The van der Waals surface area contributed by atoms with Crippen molar-refractivity contribution in [2.75, 3.05) is 6.54 Å². The summed E-state index contributed by atoms with van der Waals surface area (Å²) in [6, 6.07) is 7.18.